The van der Waals surface area contributed by atoms with E-state index in [4.69, 9.17) is 9.47 Å². The number of hydrogen-bond donors (Lipinski definition) is 1. The van der Waals surface area contributed by atoms with Gasteiger partial charge < -0.3 is 24.6 Å². The average molecular weight is 425 g/mol. The summed E-state index contributed by atoms with van der Waals surface area (Å²) < 4.78 is 24.9. The minimum Gasteiger partial charge on any atom is -0.454 e. The van der Waals surface area contributed by atoms with E-state index in [0.29, 0.717) is 31.9 Å². The molecule has 3 amide bonds. The molecule has 3 aliphatic heterocycles. The highest BCUT2D eigenvalue weighted by atomic mass is 19.1. The Labute approximate surface area is 179 Å². The highest BCUT2D eigenvalue weighted by Crippen LogP contribution is 2.31. The fourth-order valence-electron chi connectivity index (χ4n) is 4.38. The van der Waals surface area contributed by atoms with E-state index in [1.165, 1.54) is 6.07 Å². The van der Waals surface area contributed by atoms with Crippen LogP contribution in [-0.4, -0.2) is 66.7 Å². The van der Waals surface area contributed by atoms with Gasteiger partial charge in [0.05, 0.1) is 12.1 Å². The summed E-state index contributed by atoms with van der Waals surface area (Å²) in [6.45, 7) is 2.53. The van der Waals surface area contributed by atoms with E-state index in [2.05, 4.69) is 5.32 Å². The van der Waals surface area contributed by atoms with Crippen molar-refractivity contribution in [1.29, 1.82) is 0 Å². The molecule has 3 aliphatic rings. The highest BCUT2D eigenvalue weighted by Gasteiger charge is 2.40. The van der Waals surface area contributed by atoms with E-state index in [1.54, 1.807) is 23.1 Å². The summed E-state index contributed by atoms with van der Waals surface area (Å²) in [6.07, 6.45) is 0.730. The normalized spacial score (nSPS) is 23.6. The summed E-state index contributed by atoms with van der Waals surface area (Å²) in [4.78, 5) is 28.0. The molecule has 3 saturated heterocycles. The topological polar surface area (TPSA) is 71.1 Å². The Balaban J connectivity index is 1.14. The minimum atomic E-state index is -0.400. The number of nitrogens with zero attached hydrogens (tertiary/aromatic N) is 2. The Kier molecular flexibility index (Phi) is 5.23. The lowest BCUT2D eigenvalue weighted by molar-refractivity contribution is -0.139. The van der Waals surface area contributed by atoms with Crippen molar-refractivity contribution in [1.82, 2.24) is 15.1 Å². The van der Waals surface area contributed by atoms with Gasteiger partial charge in [-0.1, -0.05) is 24.3 Å². The molecule has 2 atom stereocenters. The number of morpholine rings is 1. The zero-order chi connectivity index (χ0) is 21.4. The molecule has 5 rings (SSSR count). The maximum absolute atomic E-state index is 13.7. The Hall–Kier alpha value is -3.13. The number of hydrogen-bond acceptors (Lipinski definition) is 4. The number of para-hydroxylation sites is 1. The molecule has 0 bridgehead atoms. The fourth-order valence-corrected chi connectivity index (χ4v) is 4.38. The van der Waals surface area contributed by atoms with Crippen LogP contribution in [0.3, 0.4) is 0 Å². The highest BCUT2D eigenvalue weighted by molar-refractivity contribution is 5.79. The summed E-state index contributed by atoms with van der Waals surface area (Å²) in [6, 6.07) is 13.7. The van der Waals surface area contributed by atoms with Gasteiger partial charge in [-0.3, -0.25) is 4.79 Å². The lowest BCUT2D eigenvalue weighted by Gasteiger charge is -2.46. The van der Waals surface area contributed by atoms with Gasteiger partial charge in [0.2, 0.25) is 5.91 Å². The molecule has 8 heteroatoms. The van der Waals surface area contributed by atoms with Crippen LogP contribution in [0.2, 0.25) is 0 Å². The first kappa shape index (κ1) is 19.8. The summed E-state index contributed by atoms with van der Waals surface area (Å²) >= 11 is 0. The largest absolute Gasteiger partial charge is 0.454 e. The molecular formula is C23H24FN3O4. The Bertz CT molecular complexity index is 977. The van der Waals surface area contributed by atoms with Crippen LogP contribution in [0.15, 0.2) is 48.5 Å². The summed E-state index contributed by atoms with van der Waals surface area (Å²) in [5, 5.41) is 2.93. The van der Waals surface area contributed by atoms with Crippen LogP contribution in [-0.2, 0) is 9.53 Å². The molecular weight excluding hydrogens is 401 g/mol. The van der Waals surface area contributed by atoms with E-state index in [-0.39, 0.29) is 42.4 Å². The lowest BCUT2D eigenvalue weighted by Crippen LogP contribution is -2.63. The van der Waals surface area contributed by atoms with Crippen molar-refractivity contribution in [3.05, 3.63) is 59.9 Å². The predicted octanol–water partition coefficient (Wildman–Crippen LogP) is 2.73. The van der Waals surface area contributed by atoms with Crippen LogP contribution in [0.25, 0.3) is 0 Å². The van der Waals surface area contributed by atoms with Crippen molar-refractivity contribution in [2.45, 2.75) is 24.5 Å². The quantitative estimate of drug-likeness (QED) is 0.821. The van der Waals surface area contributed by atoms with E-state index < -0.39 is 5.82 Å². The standard InChI is InChI=1S/C23H24FN3O4/c24-18-3-1-2-4-20(18)31-17-7-5-15(6-8-17)16-11-27(12-16)23(29)26-10-9-21-19(13-26)25-22(28)14-30-21/h1-8,16,19,21H,9-14H2,(H,25,28)/t19-,21?/m1/s1. The molecule has 162 valence electrons. The number of carbonyl (C=O) groups excluding carboxylic acids is 2. The third-order valence-electron chi connectivity index (χ3n) is 6.16. The SMILES string of the molecule is O=C1COC2CCN(C(=O)N3CC(c4ccc(Oc5ccccc5F)cc4)C3)C[C@H]2N1. The van der Waals surface area contributed by atoms with Crippen LogP contribution < -0.4 is 10.1 Å². The fraction of sp³-hybridized carbons (Fsp3) is 0.391. The van der Waals surface area contributed by atoms with Crippen molar-refractivity contribution < 1.29 is 23.5 Å². The second-order valence-electron chi connectivity index (χ2n) is 8.24. The number of ether oxygens (including phenoxy) is 2. The molecule has 2 aromatic carbocycles. The van der Waals surface area contributed by atoms with Crippen molar-refractivity contribution in [2.24, 2.45) is 0 Å². The number of piperidine rings is 1. The number of amides is 3. The van der Waals surface area contributed by atoms with Gasteiger partial charge in [0.15, 0.2) is 11.6 Å². The smallest absolute Gasteiger partial charge is 0.320 e. The summed E-state index contributed by atoms with van der Waals surface area (Å²) in [7, 11) is 0. The molecule has 2 aromatic rings. The zero-order valence-corrected chi connectivity index (χ0v) is 17.0. The van der Waals surface area contributed by atoms with E-state index >= 15 is 0 Å². The van der Waals surface area contributed by atoms with Crippen LogP contribution in [0.4, 0.5) is 9.18 Å². The molecule has 3 heterocycles. The molecule has 1 unspecified atom stereocenters. The third kappa shape index (κ3) is 4.07. The second-order valence-corrected chi connectivity index (χ2v) is 8.24. The molecule has 3 fully saturated rings. The second kappa shape index (κ2) is 8.19. The number of nitrogens with one attached hydrogen (secondary N) is 1. The summed E-state index contributed by atoms with van der Waals surface area (Å²) in [5.74, 6) is 0.506. The first-order chi connectivity index (χ1) is 15.1. The van der Waals surface area contributed by atoms with Gasteiger partial charge in [0.1, 0.15) is 12.4 Å². The predicted molar refractivity (Wildman–Crippen MR) is 110 cm³/mol. The van der Waals surface area contributed by atoms with Gasteiger partial charge in [0.25, 0.3) is 0 Å². The number of rotatable bonds is 3. The van der Waals surface area contributed by atoms with Gasteiger partial charge in [-0.2, -0.15) is 0 Å². The van der Waals surface area contributed by atoms with Gasteiger partial charge in [-0.15, -0.1) is 0 Å². The Morgan fingerprint density at radius 2 is 1.84 bits per heavy atom. The molecule has 0 aromatic heterocycles. The molecule has 7 nitrogen and oxygen atoms in total. The van der Waals surface area contributed by atoms with Gasteiger partial charge in [-0.05, 0) is 36.2 Å². The van der Waals surface area contributed by atoms with Crippen molar-refractivity contribution in [3.63, 3.8) is 0 Å². The number of halogens is 1. The molecule has 1 N–H and O–H groups in total. The van der Waals surface area contributed by atoms with Gasteiger partial charge in [-0.25, -0.2) is 9.18 Å². The van der Waals surface area contributed by atoms with E-state index in [9.17, 15) is 14.0 Å². The van der Waals surface area contributed by atoms with Crippen LogP contribution >= 0.6 is 0 Å². The maximum Gasteiger partial charge on any atom is 0.320 e. The molecule has 0 saturated carbocycles. The molecule has 0 aliphatic carbocycles. The number of urea groups is 1. The van der Waals surface area contributed by atoms with Crippen LogP contribution in [0.5, 0.6) is 11.5 Å². The van der Waals surface area contributed by atoms with Gasteiger partial charge in [0, 0.05) is 32.1 Å². The Morgan fingerprint density at radius 1 is 1.06 bits per heavy atom. The van der Waals surface area contributed by atoms with E-state index in [1.807, 2.05) is 29.2 Å². The third-order valence-corrected chi connectivity index (χ3v) is 6.16. The van der Waals surface area contributed by atoms with Crippen LogP contribution in [0.1, 0.15) is 17.9 Å². The number of carbonyl (C=O) groups is 2. The number of benzene rings is 2. The maximum atomic E-state index is 13.7. The Morgan fingerprint density at radius 3 is 2.61 bits per heavy atom. The van der Waals surface area contributed by atoms with Crippen molar-refractivity contribution >= 4 is 11.9 Å². The number of likely N-dealkylation sites (tertiary alicyclic amines) is 2. The van der Waals surface area contributed by atoms with Crippen molar-refractivity contribution in [3.8, 4) is 11.5 Å². The first-order valence-corrected chi connectivity index (χ1v) is 10.5. The zero-order valence-electron chi connectivity index (χ0n) is 17.0. The van der Waals surface area contributed by atoms with E-state index in [0.717, 1.165) is 12.0 Å². The minimum absolute atomic E-state index is 0.00372. The monoisotopic (exact) mass is 425 g/mol. The van der Waals surface area contributed by atoms with Crippen molar-refractivity contribution in [2.75, 3.05) is 32.8 Å². The average Bonchev–Trinajstić information content (AvgIpc) is 2.75. The number of fused-ring (bicyclic) bond motifs is 1. The summed E-state index contributed by atoms with van der Waals surface area (Å²) in [5.41, 5.74) is 1.12. The van der Waals surface area contributed by atoms with Gasteiger partial charge >= 0.3 is 6.03 Å². The molecule has 0 radical (unpaired) electrons. The van der Waals surface area contributed by atoms with Crippen LogP contribution in [0, 0.1) is 5.82 Å². The lowest BCUT2D eigenvalue weighted by atomic mass is 9.91. The first-order valence-electron chi connectivity index (χ1n) is 10.5. The molecule has 31 heavy (non-hydrogen) atoms. The molecule has 0 spiro atoms.